The van der Waals surface area contributed by atoms with Gasteiger partial charge in [0.1, 0.15) is 0 Å². The summed E-state index contributed by atoms with van der Waals surface area (Å²) in [6, 6.07) is 0. The lowest BCUT2D eigenvalue weighted by molar-refractivity contribution is -0.138. The third-order valence-corrected chi connectivity index (χ3v) is 6.11. The molecule has 1 rings (SSSR count). The summed E-state index contributed by atoms with van der Waals surface area (Å²) in [7, 11) is -1.39. The zero-order valence-electron chi connectivity index (χ0n) is 11.2. The molecule has 0 saturated carbocycles. The van der Waals surface area contributed by atoms with Crippen molar-refractivity contribution < 1.29 is 14.3 Å². The first-order chi connectivity index (χ1) is 7.95. The van der Waals surface area contributed by atoms with Crippen LogP contribution in [-0.2, 0) is 14.3 Å². The van der Waals surface area contributed by atoms with Crippen LogP contribution in [0.2, 0.25) is 25.2 Å². The lowest BCUT2D eigenvalue weighted by atomic mass is 10.1. The van der Waals surface area contributed by atoms with Gasteiger partial charge in [0.15, 0.2) is 0 Å². The van der Waals surface area contributed by atoms with Crippen molar-refractivity contribution in [2.24, 2.45) is 0 Å². The van der Waals surface area contributed by atoms with Gasteiger partial charge in [-0.15, -0.1) is 0 Å². The number of hydrogen-bond donors (Lipinski definition) is 0. The van der Waals surface area contributed by atoms with E-state index in [0.29, 0.717) is 12.1 Å². The molecule has 98 valence electrons. The summed E-state index contributed by atoms with van der Waals surface area (Å²) in [5, 5.41) is 0. The molecular weight excluding hydrogens is 232 g/mol. The van der Waals surface area contributed by atoms with Crippen LogP contribution in [0.15, 0.2) is 12.7 Å². The number of rotatable bonds is 5. The molecule has 0 N–H and O–H groups in total. The number of carbonyl (C=O) groups excluding carboxylic acids is 1. The second-order valence-electron chi connectivity index (χ2n) is 5.71. The zero-order chi connectivity index (χ0) is 12.9. The van der Waals surface area contributed by atoms with Gasteiger partial charge in [0, 0.05) is 18.2 Å². The second-order valence-corrected chi connectivity index (χ2v) is 11.2. The fraction of sp³-hybridized carbons (Fsp3) is 0.769. The van der Waals surface area contributed by atoms with Crippen molar-refractivity contribution in [1.29, 1.82) is 0 Å². The summed E-state index contributed by atoms with van der Waals surface area (Å²) in [6.07, 6.45) is 4.97. The minimum Gasteiger partial charge on any atom is -0.462 e. The van der Waals surface area contributed by atoms with Crippen LogP contribution in [0.4, 0.5) is 0 Å². The first-order valence-corrected chi connectivity index (χ1v) is 9.93. The van der Waals surface area contributed by atoms with E-state index in [9.17, 15) is 4.79 Å². The van der Waals surface area contributed by atoms with E-state index in [-0.39, 0.29) is 12.1 Å². The molecule has 0 aromatic carbocycles. The Labute approximate surface area is 105 Å². The highest BCUT2D eigenvalue weighted by Gasteiger charge is 2.36. The number of esters is 1. The van der Waals surface area contributed by atoms with Crippen molar-refractivity contribution in [1.82, 2.24) is 0 Å². The molecule has 1 heterocycles. The summed E-state index contributed by atoms with van der Waals surface area (Å²) in [5.74, 6) is -0.330. The summed E-state index contributed by atoms with van der Waals surface area (Å²) >= 11 is 0. The molecule has 0 radical (unpaired) electrons. The summed E-state index contributed by atoms with van der Waals surface area (Å²) < 4.78 is 11.1. The first-order valence-electron chi connectivity index (χ1n) is 6.36. The SMILES string of the molecule is C=CC(=O)OCC(C1CCCCO1)[Si](C)(C)C. The molecule has 2 atom stereocenters. The second kappa shape index (κ2) is 6.35. The van der Waals surface area contributed by atoms with Crippen LogP contribution >= 0.6 is 0 Å². The van der Waals surface area contributed by atoms with Crippen LogP contribution in [0.25, 0.3) is 0 Å². The lowest BCUT2D eigenvalue weighted by Gasteiger charge is -2.37. The Hall–Kier alpha value is -0.613. The van der Waals surface area contributed by atoms with Crippen molar-refractivity contribution in [2.45, 2.75) is 50.5 Å². The standard InChI is InChI=1S/C13H24O3Si/c1-5-13(14)16-10-12(17(2,3)4)11-8-6-7-9-15-11/h5,11-12H,1,6-10H2,2-4H3. The Morgan fingerprint density at radius 3 is 2.71 bits per heavy atom. The highest BCUT2D eigenvalue weighted by atomic mass is 28.3. The van der Waals surface area contributed by atoms with Crippen molar-refractivity contribution >= 4 is 14.0 Å². The van der Waals surface area contributed by atoms with E-state index in [0.717, 1.165) is 19.4 Å². The van der Waals surface area contributed by atoms with Gasteiger partial charge in [0.25, 0.3) is 0 Å². The molecule has 1 aliphatic rings. The molecule has 3 nitrogen and oxygen atoms in total. The normalized spacial score (nSPS) is 22.9. The van der Waals surface area contributed by atoms with Crippen LogP contribution in [0.1, 0.15) is 19.3 Å². The number of hydrogen-bond acceptors (Lipinski definition) is 3. The van der Waals surface area contributed by atoms with Crippen LogP contribution in [-0.4, -0.2) is 33.4 Å². The van der Waals surface area contributed by atoms with Crippen LogP contribution in [0.3, 0.4) is 0 Å². The van der Waals surface area contributed by atoms with Crippen LogP contribution in [0.5, 0.6) is 0 Å². The fourth-order valence-corrected chi connectivity index (χ4v) is 4.19. The third kappa shape index (κ3) is 4.64. The molecule has 0 aromatic heterocycles. The topological polar surface area (TPSA) is 35.5 Å². The molecule has 0 amide bonds. The van der Waals surface area contributed by atoms with Crippen molar-refractivity contribution in [3.63, 3.8) is 0 Å². The Bertz CT molecular complexity index is 264. The van der Waals surface area contributed by atoms with Crippen LogP contribution < -0.4 is 0 Å². The smallest absolute Gasteiger partial charge is 0.330 e. The molecule has 1 fully saturated rings. The Morgan fingerprint density at radius 1 is 1.53 bits per heavy atom. The quantitative estimate of drug-likeness (QED) is 0.431. The highest BCUT2D eigenvalue weighted by molar-refractivity contribution is 6.77. The third-order valence-electron chi connectivity index (χ3n) is 3.35. The average molecular weight is 256 g/mol. The predicted octanol–water partition coefficient (Wildman–Crippen LogP) is 2.99. The van der Waals surface area contributed by atoms with E-state index in [1.54, 1.807) is 0 Å². The zero-order valence-corrected chi connectivity index (χ0v) is 12.2. The fourth-order valence-electron chi connectivity index (χ4n) is 2.23. The minimum absolute atomic E-state index is 0.271. The van der Waals surface area contributed by atoms with E-state index < -0.39 is 8.07 Å². The Morgan fingerprint density at radius 2 is 2.24 bits per heavy atom. The molecule has 0 bridgehead atoms. The predicted molar refractivity (Wildman–Crippen MR) is 71.8 cm³/mol. The monoisotopic (exact) mass is 256 g/mol. The van der Waals surface area contributed by atoms with Gasteiger partial charge in [-0.25, -0.2) is 4.79 Å². The Balaban J connectivity index is 2.59. The summed E-state index contributed by atoms with van der Waals surface area (Å²) in [4.78, 5) is 11.2. The van der Waals surface area contributed by atoms with E-state index >= 15 is 0 Å². The number of ether oxygens (including phenoxy) is 2. The Kier molecular flexibility index (Phi) is 5.40. The highest BCUT2D eigenvalue weighted by Crippen LogP contribution is 2.32. The first kappa shape index (κ1) is 14.4. The van der Waals surface area contributed by atoms with E-state index in [1.807, 2.05) is 0 Å². The average Bonchev–Trinajstić information content (AvgIpc) is 2.28. The molecule has 0 spiro atoms. The van der Waals surface area contributed by atoms with Gasteiger partial charge in [0.2, 0.25) is 0 Å². The van der Waals surface area contributed by atoms with Crippen molar-refractivity contribution in [2.75, 3.05) is 13.2 Å². The van der Waals surface area contributed by atoms with Gasteiger partial charge in [-0.3, -0.25) is 0 Å². The van der Waals surface area contributed by atoms with E-state index in [2.05, 4.69) is 26.2 Å². The summed E-state index contributed by atoms with van der Waals surface area (Å²) in [5.41, 5.74) is 0.381. The molecule has 1 saturated heterocycles. The van der Waals surface area contributed by atoms with E-state index in [4.69, 9.17) is 9.47 Å². The van der Waals surface area contributed by atoms with E-state index in [1.165, 1.54) is 12.5 Å². The van der Waals surface area contributed by atoms with Gasteiger partial charge in [-0.05, 0) is 19.3 Å². The minimum atomic E-state index is -1.39. The van der Waals surface area contributed by atoms with Gasteiger partial charge >= 0.3 is 5.97 Å². The van der Waals surface area contributed by atoms with Gasteiger partial charge in [0.05, 0.1) is 20.8 Å². The van der Waals surface area contributed by atoms with Gasteiger partial charge in [-0.1, -0.05) is 26.2 Å². The molecule has 2 unspecified atom stereocenters. The van der Waals surface area contributed by atoms with Crippen molar-refractivity contribution in [3.05, 3.63) is 12.7 Å². The van der Waals surface area contributed by atoms with Gasteiger partial charge < -0.3 is 9.47 Å². The largest absolute Gasteiger partial charge is 0.462 e. The van der Waals surface area contributed by atoms with Gasteiger partial charge in [-0.2, -0.15) is 0 Å². The van der Waals surface area contributed by atoms with Crippen LogP contribution in [0, 0.1) is 0 Å². The molecule has 1 aliphatic heterocycles. The maximum Gasteiger partial charge on any atom is 0.330 e. The molecule has 17 heavy (non-hydrogen) atoms. The number of carbonyl (C=O) groups is 1. The molecule has 0 aliphatic carbocycles. The maximum absolute atomic E-state index is 11.2. The summed E-state index contributed by atoms with van der Waals surface area (Å²) in [6.45, 7) is 11.7. The maximum atomic E-state index is 11.2. The van der Waals surface area contributed by atoms with Crippen molar-refractivity contribution in [3.8, 4) is 0 Å². The molecule has 4 heteroatoms. The molecule has 0 aromatic rings. The lowest BCUT2D eigenvalue weighted by Crippen LogP contribution is -2.42. The molecular formula is C13H24O3Si.